The molecule has 1 heterocycles. The SMILES string of the molecule is CCC(C)(CNC)CN1CCC(C(C)(C)C)C1. The number of rotatable bonds is 5. The van der Waals surface area contributed by atoms with E-state index in [9.17, 15) is 0 Å². The zero-order chi connectivity index (χ0) is 13.1. The van der Waals surface area contributed by atoms with E-state index in [4.69, 9.17) is 0 Å². The van der Waals surface area contributed by atoms with Crippen molar-refractivity contribution < 1.29 is 0 Å². The highest BCUT2D eigenvalue weighted by Gasteiger charge is 2.34. The van der Waals surface area contributed by atoms with Gasteiger partial charge in [-0.05, 0) is 43.2 Å². The van der Waals surface area contributed by atoms with E-state index in [1.165, 1.54) is 32.5 Å². The van der Waals surface area contributed by atoms with Gasteiger partial charge in [0.25, 0.3) is 0 Å². The molecule has 1 rings (SSSR count). The van der Waals surface area contributed by atoms with Crippen LogP contribution in [0.4, 0.5) is 0 Å². The molecule has 2 atom stereocenters. The van der Waals surface area contributed by atoms with E-state index in [0.717, 1.165) is 12.5 Å². The summed E-state index contributed by atoms with van der Waals surface area (Å²) in [6, 6.07) is 0. The first kappa shape index (κ1) is 15.0. The predicted octanol–water partition coefficient (Wildman–Crippen LogP) is 2.99. The summed E-state index contributed by atoms with van der Waals surface area (Å²) >= 11 is 0. The van der Waals surface area contributed by atoms with E-state index in [1.807, 2.05) is 0 Å². The quantitative estimate of drug-likeness (QED) is 0.795. The summed E-state index contributed by atoms with van der Waals surface area (Å²) < 4.78 is 0. The lowest BCUT2D eigenvalue weighted by Crippen LogP contribution is -2.40. The van der Waals surface area contributed by atoms with E-state index in [1.54, 1.807) is 0 Å². The molecule has 17 heavy (non-hydrogen) atoms. The molecule has 0 radical (unpaired) electrons. The summed E-state index contributed by atoms with van der Waals surface area (Å²) in [5.74, 6) is 0.873. The minimum absolute atomic E-state index is 0.432. The molecule has 1 fully saturated rings. The van der Waals surface area contributed by atoms with E-state index >= 15 is 0 Å². The summed E-state index contributed by atoms with van der Waals surface area (Å²) in [4.78, 5) is 2.68. The topological polar surface area (TPSA) is 15.3 Å². The first-order chi connectivity index (χ1) is 7.80. The first-order valence-corrected chi connectivity index (χ1v) is 7.18. The second-order valence-electron chi connectivity index (χ2n) is 7.28. The Labute approximate surface area is 108 Å². The number of hydrogen-bond acceptors (Lipinski definition) is 2. The minimum atomic E-state index is 0.432. The second-order valence-corrected chi connectivity index (χ2v) is 7.28. The third-order valence-corrected chi connectivity index (χ3v) is 4.56. The first-order valence-electron chi connectivity index (χ1n) is 7.18. The molecule has 0 aromatic carbocycles. The van der Waals surface area contributed by atoms with Gasteiger partial charge in [0.15, 0.2) is 0 Å². The van der Waals surface area contributed by atoms with Crippen molar-refractivity contribution in [3.63, 3.8) is 0 Å². The smallest absolute Gasteiger partial charge is 0.00475 e. The number of nitrogens with zero attached hydrogens (tertiary/aromatic N) is 1. The van der Waals surface area contributed by atoms with Crippen LogP contribution in [-0.2, 0) is 0 Å². The average Bonchev–Trinajstić information content (AvgIpc) is 2.66. The second kappa shape index (κ2) is 5.71. The van der Waals surface area contributed by atoms with Crippen LogP contribution in [-0.4, -0.2) is 38.1 Å². The fourth-order valence-electron chi connectivity index (χ4n) is 2.94. The molecule has 2 nitrogen and oxygen atoms in total. The van der Waals surface area contributed by atoms with Gasteiger partial charge >= 0.3 is 0 Å². The van der Waals surface area contributed by atoms with Crippen LogP contribution < -0.4 is 5.32 Å². The van der Waals surface area contributed by atoms with Crippen molar-refractivity contribution >= 4 is 0 Å². The molecule has 102 valence electrons. The molecule has 0 aromatic heterocycles. The van der Waals surface area contributed by atoms with Gasteiger partial charge in [0, 0.05) is 19.6 Å². The molecule has 0 spiro atoms. The van der Waals surface area contributed by atoms with Crippen molar-refractivity contribution in [2.75, 3.05) is 33.2 Å². The Kier molecular flexibility index (Phi) is 5.03. The lowest BCUT2D eigenvalue weighted by molar-refractivity contribution is 0.163. The Morgan fingerprint density at radius 3 is 2.29 bits per heavy atom. The third-order valence-electron chi connectivity index (χ3n) is 4.56. The van der Waals surface area contributed by atoms with Crippen molar-refractivity contribution in [2.45, 2.75) is 47.5 Å². The van der Waals surface area contributed by atoms with Crippen LogP contribution in [0.5, 0.6) is 0 Å². The van der Waals surface area contributed by atoms with Crippen LogP contribution >= 0.6 is 0 Å². The molecule has 0 bridgehead atoms. The number of nitrogens with one attached hydrogen (secondary N) is 1. The molecular weight excluding hydrogens is 208 g/mol. The van der Waals surface area contributed by atoms with Crippen molar-refractivity contribution in [1.29, 1.82) is 0 Å². The standard InChI is InChI=1S/C15H32N2/c1-7-15(5,11-16-6)12-17-9-8-13(10-17)14(2,3)4/h13,16H,7-12H2,1-6H3. The summed E-state index contributed by atoms with van der Waals surface area (Å²) in [5, 5.41) is 3.35. The average molecular weight is 240 g/mol. The maximum atomic E-state index is 3.35. The summed E-state index contributed by atoms with van der Waals surface area (Å²) in [7, 11) is 2.07. The Morgan fingerprint density at radius 2 is 1.88 bits per heavy atom. The fourth-order valence-corrected chi connectivity index (χ4v) is 2.94. The summed E-state index contributed by atoms with van der Waals surface area (Å²) in [5.41, 5.74) is 0.905. The largest absolute Gasteiger partial charge is 0.319 e. The van der Waals surface area contributed by atoms with Gasteiger partial charge in [0.05, 0.1) is 0 Å². The fraction of sp³-hybridized carbons (Fsp3) is 1.00. The Bertz CT molecular complexity index is 232. The summed E-state index contributed by atoms with van der Waals surface area (Å²) in [6.07, 6.45) is 2.63. The highest BCUT2D eigenvalue weighted by atomic mass is 15.2. The molecule has 1 saturated heterocycles. The van der Waals surface area contributed by atoms with Gasteiger partial charge < -0.3 is 10.2 Å². The van der Waals surface area contributed by atoms with Crippen LogP contribution in [0.25, 0.3) is 0 Å². The molecule has 0 amide bonds. The van der Waals surface area contributed by atoms with E-state index in [0.29, 0.717) is 10.8 Å². The maximum Gasteiger partial charge on any atom is 0.00475 e. The number of hydrogen-bond donors (Lipinski definition) is 1. The van der Waals surface area contributed by atoms with E-state index in [2.05, 4.69) is 51.9 Å². The molecule has 0 aromatic rings. The van der Waals surface area contributed by atoms with Crippen molar-refractivity contribution in [2.24, 2.45) is 16.7 Å². The van der Waals surface area contributed by atoms with Gasteiger partial charge in [-0.25, -0.2) is 0 Å². The van der Waals surface area contributed by atoms with Crippen LogP contribution in [0.3, 0.4) is 0 Å². The molecule has 1 aliphatic rings. The van der Waals surface area contributed by atoms with Crippen LogP contribution in [0.1, 0.15) is 47.5 Å². The minimum Gasteiger partial charge on any atom is -0.319 e. The highest BCUT2D eigenvalue weighted by Crippen LogP contribution is 2.35. The van der Waals surface area contributed by atoms with Gasteiger partial charge in [-0.1, -0.05) is 34.6 Å². The Morgan fingerprint density at radius 1 is 1.24 bits per heavy atom. The lowest BCUT2D eigenvalue weighted by atomic mass is 9.80. The van der Waals surface area contributed by atoms with E-state index in [-0.39, 0.29) is 0 Å². The maximum absolute atomic E-state index is 3.35. The van der Waals surface area contributed by atoms with Gasteiger partial charge in [-0.15, -0.1) is 0 Å². The van der Waals surface area contributed by atoms with E-state index < -0.39 is 0 Å². The molecule has 2 heteroatoms. The van der Waals surface area contributed by atoms with Crippen LogP contribution in [0.15, 0.2) is 0 Å². The molecule has 1 aliphatic heterocycles. The van der Waals surface area contributed by atoms with Crippen molar-refractivity contribution in [1.82, 2.24) is 10.2 Å². The predicted molar refractivity (Wildman–Crippen MR) is 76.3 cm³/mol. The molecular formula is C15H32N2. The zero-order valence-corrected chi connectivity index (χ0v) is 12.8. The van der Waals surface area contributed by atoms with Gasteiger partial charge in [0.1, 0.15) is 0 Å². The van der Waals surface area contributed by atoms with Crippen LogP contribution in [0, 0.1) is 16.7 Å². The number of likely N-dealkylation sites (tertiary alicyclic amines) is 1. The molecule has 0 aliphatic carbocycles. The zero-order valence-electron chi connectivity index (χ0n) is 12.8. The lowest BCUT2D eigenvalue weighted by Gasteiger charge is -2.34. The van der Waals surface area contributed by atoms with Gasteiger partial charge in [0.2, 0.25) is 0 Å². The summed E-state index contributed by atoms with van der Waals surface area (Å²) in [6.45, 7) is 16.8. The monoisotopic (exact) mass is 240 g/mol. The van der Waals surface area contributed by atoms with Gasteiger partial charge in [-0.2, -0.15) is 0 Å². The molecule has 2 unspecified atom stereocenters. The molecule has 1 N–H and O–H groups in total. The highest BCUT2D eigenvalue weighted by molar-refractivity contribution is 4.87. The normalized spacial score (nSPS) is 26.1. The third kappa shape index (κ3) is 4.26. The van der Waals surface area contributed by atoms with Gasteiger partial charge in [-0.3, -0.25) is 0 Å². The van der Waals surface area contributed by atoms with Crippen LogP contribution in [0.2, 0.25) is 0 Å². The molecule has 0 saturated carbocycles. The Hall–Kier alpha value is -0.0800. The van der Waals surface area contributed by atoms with Crippen molar-refractivity contribution in [3.8, 4) is 0 Å². The van der Waals surface area contributed by atoms with Crippen molar-refractivity contribution in [3.05, 3.63) is 0 Å². The Balaban J connectivity index is 2.49.